The number of ether oxygens (including phenoxy) is 2. The Balaban J connectivity index is 1.99. The molecule has 1 fully saturated rings. The molecule has 0 aromatic heterocycles. The molecule has 0 spiro atoms. The Bertz CT molecular complexity index is 584. The van der Waals surface area contributed by atoms with Crippen LogP contribution in [0.15, 0.2) is 42.5 Å². The number of hydrogen-bond acceptors (Lipinski definition) is 2. The maximum atomic E-state index is 5.82. The van der Waals surface area contributed by atoms with Gasteiger partial charge in [-0.2, -0.15) is 0 Å². The zero-order valence-electron chi connectivity index (χ0n) is 12.0. The van der Waals surface area contributed by atoms with Crippen molar-refractivity contribution in [3.8, 4) is 11.1 Å². The molecule has 3 rings (SSSR count). The van der Waals surface area contributed by atoms with E-state index < -0.39 is 5.79 Å². The van der Waals surface area contributed by atoms with Gasteiger partial charge in [-0.3, -0.25) is 0 Å². The molecule has 1 aliphatic heterocycles. The lowest BCUT2D eigenvalue weighted by Crippen LogP contribution is -2.26. The molecule has 1 radical (unpaired) electrons. The van der Waals surface area contributed by atoms with E-state index >= 15 is 0 Å². The molecule has 1 heterocycles. The zero-order valence-corrected chi connectivity index (χ0v) is 12.0. The third-order valence-electron chi connectivity index (χ3n) is 3.86. The van der Waals surface area contributed by atoms with Gasteiger partial charge in [0, 0.05) is 12.0 Å². The van der Waals surface area contributed by atoms with Crippen LogP contribution < -0.4 is 0 Å². The van der Waals surface area contributed by atoms with Crippen LogP contribution in [0.5, 0.6) is 0 Å². The van der Waals surface area contributed by atoms with Gasteiger partial charge >= 0.3 is 0 Å². The minimum Gasteiger partial charge on any atom is -0.343 e. The Kier molecular flexibility index (Phi) is 3.60. The van der Waals surface area contributed by atoms with E-state index in [4.69, 9.17) is 9.47 Å². The lowest BCUT2D eigenvalue weighted by atomic mass is 9.94. The van der Waals surface area contributed by atoms with Crippen molar-refractivity contribution in [2.24, 2.45) is 0 Å². The Morgan fingerprint density at radius 2 is 1.75 bits per heavy atom. The largest absolute Gasteiger partial charge is 0.343 e. The van der Waals surface area contributed by atoms with E-state index in [1.165, 1.54) is 11.1 Å². The van der Waals surface area contributed by atoms with E-state index in [1.807, 2.05) is 6.07 Å². The third-order valence-corrected chi connectivity index (χ3v) is 3.86. The highest BCUT2D eigenvalue weighted by Crippen LogP contribution is 2.36. The van der Waals surface area contributed by atoms with Crippen molar-refractivity contribution < 1.29 is 9.47 Å². The van der Waals surface area contributed by atoms with Crippen LogP contribution in [0.3, 0.4) is 0 Å². The van der Waals surface area contributed by atoms with Crippen LogP contribution in [-0.4, -0.2) is 13.2 Å². The van der Waals surface area contributed by atoms with Gasteiger partial charge < -0.3 is 9.47 Å². The minimum atomic E-state index is -0.597. The highest BCUT2D eigenvalue weighted by molar-refractivity contribution is 5.67. The highest BCUT2D eigenvalue weighted by Gasteiger charge is 2.37. The second-order valence-electron chi connectivity index (χ2n) is 5.08. The van der Waals surface area contributed by atoms with Crippen molar-refractivity contribution in [2.45, 2.75) is 26.1 Å². The molecule has 2 nitrogen and oxygen atoms in total. The molecule has 0 aliphatic carbocycles. The van der Waals surface area contributed by atoms with Crippen molar-refractivity contribution >= 4 is 0 Å². The molecule has 0 N–H and O–H groups in total. The molecule has 0 amide bonds. The fourth-order valence-electron chi connectivity index (χ4n) is 2.76. The standard InChI is InChI=1S/C18H19O2/c1-3-18(19-11-12-20-18)16-9-10-17(14(2)13-16)15-7-5-4-6-8-15/h4-10H,3,11-12H2,1-2H3. The summed E-state index contributed by atoms with van der Waals surface area (Å²) in [5, 5.41) is 0. The SMILES string of the molecule is CCC1(c2[c]c(C)c(-c3ccccc3)cc2)OCCO1. The summed E-state index contributed by atoms with van der Waals surface area (Å²) in [4.78, 5) is 0. The summed E-state index contributed by atoms with van der Waals surface area (Å²) < 4.78 is 11.6. The lowest BCUT2D eigenvalue weighted by molar-refractivity contribution is -0.167. The lowest BCUT2D eigenvalue weighted by Gasteiger charge is -2.26. The number of hydrogen-bond donors (Lipinski definition) is 0. The molecule has 2 aromatic rings. The molecule has 0 bridgehead atoms. The van der Waals surface area contributed by atoms with Crippen molar-refractivity contribution in [2.75, 3.05) is 13.2 Å². The minimum absolute atomic E-state index is 0.597. The van der Waals surface area contributed by atoms with Crippen molar-refractivity contribution in [3.63, 3.8) is 0 Å². The van der Waals surface area contributed by atoms with Gasteiger partial charge in [-0.15, -0.1) is 0 Å². The van der Waals surface area contributed by atoms with Crippen LogP contribution >= 0.6 is 0 Å². The summed E-state index contributed by atoms with van der Waals surface area (Å²) in [7, 11) is 0. The van der Waals surface area contributed by atoms with Crippen LogP contribution in [0.4, 0.5) is 0 Å². The molecule has 2 aromatic carbocycles. The van der Waals surface area contributed by atoms with Crippen molar-refractivity contribution in [1.29, 1.82) is 0 Å². The fraction of sp³-hybridized carbons (Fsp3) is 0.333. The first-order valence-electron chi connectivity index (χ1n) is 7.12. The van der Waals surface area contributed by atoms with E-state index in [0.29, 0.717) is 13.2 Å². The molecular formula is C18H19O2. The van der Waals surface area contributed by atoms with Crippen LogP contribution in [0.2, 0.25) is 0 Å². The topological polar surface area (TPSA) is 18.5 Å². The smallest absolute Gasteiger partial charge is 0.195 e. The van der Waals surface area contributed by atoms with Gasteiger partial charge in [0.2, 0.25) is 0 Å². The number of benzene rings is 2. The highest BCUT2D eigenvalue weighted by atomic mass is 16.7. The summed E-state index contributed by atoms with van der Waals surface area (Å²) >= 11 is 0. The Hall–Kier alpha value is -1.64. The van der Waals surface area contributed by atoms with Crippen LogP contribution in [0.25, 0.3) is 11.1 Å². The maximum Gasteiger partial charge on any atom is 0.195 e. The summed E-state index contributed by atoms with van der Waals surface area (Å²) in [6, 6.07) is 18.0. The first-order chi connectivity index (χ1) is 9.75. The second-order valence-corrected chi connectivity index (χ2v) is 5.08. The number of aryl methyl sites for hydroxylation is 1. The van der Waals surface area contributed by atoms with E-state index in [2.05, 4.69) is 56.3 Å². The fourth-order valence-corrected chi connectivity index (χ4v) is 2.76. The average molecular weight is 267 g/mol. The molecular weight excluding hydrogens is 248 g/mol. The zero-order chi connectivity index (χ0) is 14.0. The Morgan fingerprint density at radius 1 is 1.05 bits per heavy atom. The first kappa shape index (κ1) is 13.3. The summed E-state index contributed by atoms with van der Waals surface area (Å²) in [5.74, 6) is -0.597. The molecule has 2 heteroatoms. The first-order valence-corrected chi connectivity index (χ1v) is 7.12. The molecule has 0 atom stereocenters. The van der Waals surface area contributed by atoms with Crippen LogP contribution in [-0.2, 0) is 15.3 Å². The summed E-state index contributed by atoms with van der Waals surface area (Å²) in [5.41, 5.74) is 4.54. The second kappa shape index (κ2) is 5.39. The van der Waals surface area contributed by atoms with Crippen molar-refractivity contribution in [1.82, 2.24) is 0 Å². The van der Waals surface area contributed by atoms with E-state index in [0.717, 1.165) is 17.5 Å². The third kappa shape index (κ3) is 2.26. The molecule has 1 aliphatic rings. The van der Waals surface area contributed by atoms with Gasteiger partial charge in [-0.1, -0.05) is 49.4 Å². The normalized spacial score (nSPS) is 17.3. The van der Waals surface area contributed by atoms with Gasteiger partial charge in [0.25, 0.3) is 0 Å². The Morgan fingerprint density at radius 3 is 2.35 bits per heavy atom. The van der Waals surface area contributed by atoms with Crippen LogP contribution in [0.1, 0.15) is 24.5 Å². The van der Waals surface area contributed by atoms with Gasteiger partial charge in [-0.05, 0) is 29.7 Å². The average Bonchev–Trinajstić information content (AvgIpc) is 2.98. The van der Waals surface area contributed by atoms with Crippen LogP contribution in [0, 0.1) is 13.0 Å². The summed E-state index contributed by atoms with van der Waals surface area (Å²) in [6.45, 7) is 5.48. The maximum absolute atomic E-state index is 5.82. The van der Waals surface area contributed by atoms with Gasteiger partial charge in [-0.25, -0.2) is 0 Å². The van der Waals surface area contributed by atoms with Crippen molar-refractivity contribution in [3.05, 3.63) is 59.7 Å². The van der Waals surface area contributed by atoms with E-state index in [9.17, 15) is 0 Å². The number of rotatable bonds is 3. The molecule has 103 valence electrons. The Labute approximate surface area is 120 Å². The summed E-state index contributed by atoms with van der Waals surface area (Å²) in [6.07, 6.45) is 0.799. The molecule has 0 unspecified atom stereocenters. The molecule has 20 heavy (non-hydrogen) atoms. The van der Waals surface area contributed by atoms with Gasteiger partial charge in [0.1, 0.15) is 0 Å². The predicted octanol–water partition coefficient (Wildman–Crippen LogP) is 4.07. The monoisotopic (exact) mass is 267 g/mol. The van der Waals surface area contributed by atoms with E-state index in [1.54, 1.807) is 0 Å². The molecule has 0 saturated carbocycles. The van der Waals surface area contributed by atoms with E-state index in [-0.39, 0.29) is 0 Å². The quantitative estimate of drug-likeness (QED) is 0.834. The predicted molar refractivity (Wildman–Crippen MR) is 79.3 cm³/mol. The molecule has 1 saturated heterocycles. The van der Waals surface area contributed by atoms with Gasteiger partial charge in [0.15, 0.2) is 5.79 Å². The van der Waals surface area contributed by atoms with Gasteiger partial charge in [0.05, 0.1) is 13.2 Å².